The van der Waals surface area contributed by atoms with Crippen LogP contribution < -0.4 is 10.5 Å². The number of primary sulfonamides is 1. The van der Waals surface area contributed by atoms with Crippen molar-refractivity contribution >= 4 is 54.9 Å². The standard InChI is InChI=1S/C21H18N4O3S3/c1-13(19(26)25-15-8-5-9-16(10-15)31(22,27)28)30-21-18-17(14-6-3-2-4-7-14)11-29-20(18)23-12-24-21/h2-13H,1H3,(H,25,26)(H2,22,27,28). The molecule has 0 fully saturated rings. The molecule has 2 aromatic heterocycles. The Morgan fingerprint density at radius 2 is 1.90 bits per heavy atom. The van der Waals surface area contributed by atoms with Crippen LogP contribution in [0.2, 0.25) is 0 Å². The lowest BCUT2D eigenvalue weighted by atomic mass is 10.1. The molecule has 0 aliphatic heterocycles. The molecule has 0 saturated heterocycles. The maximum atomic E-state index is 12.8. The number of thiophene rings is 1. The van der Waals surface area contributed by atoms with Crippen LogP contribution in [0.25, 0.3) is 21.3 Å². The third kappa shape index (κ3) is 4.77. The van der Waals surface area contributed by atoms with Crippen molar-refractivity contribution < 1.29 is 13.2 Å². The van der Waals surface area contributed by atoms with Crippen LogP contribution in [-0.4, -0.2) is 29.5 Å². The van der Waals surface area contributed by atoms with E-state index in [1.54, 1.807) is 13.0 Å². The molecular formula is C21H18N4O3S3. The fourth-order valence-electron chi connectivity index (χ4n) is 2.98. The normalized spacial score (nSPS) is 12.6. The van der Waals surface area contributed by atoms with Gasteiger partial charge in [0, 0.05) is 16.6 Å². The van der Waals surface area contributed by atoms with Crippen molar-refractivity contribution in [3.05, 3.63) is 66.3 Å². The minimum absolute atomic E-state index is 0.0612. The highest BCUT2D eigenvalue weighted by Gasteiger charge is 2.20. The van der Waals surface area contributed by atoms with E-state index in [9.17, 15) is 13.2 Å². The van der Waals surface area contributed by atoms with Gasteiger partial charge in [0.05, 0.1) is 15.5 Å². The lowest BCUT2D eigenvalue weighted by Crippen LogP contribution is -2.23. The Labute approximate surface area is 187 Å². The molecule has 1 amide bonds. The number of amides is 1. The first-order chi connectivity index (χ1) is 14.8. The summed E-state index contributed by atoms with van der Waals surface area (Å²) in [6, 6.07) is 15.8. The summed E-state index contributed by atoms with van der Waals surface area (Å²) in [4.78, 5) is 22.3. The minimum Gasteiger partial charge on any atom is -0.325 e. The number of sulfonamides is 1. The molecule has 2 aromatic carbocycles. The van der Waals surface area contributed by atoms with Gasteiger partial charge in [-0.05, 0) is 30.7 Å². The molecule has 0 aliphatic rings. The highest BCUT2D eigenvalue weighted by molar-refractivity contribution is 8.00. The van der Waals surface area contributed by atoms with Gasteiger partial charge in [-0.1, -0.05) is 48.2 Å². The largest absolute Gasteiger partial charge is 0.325 e. The molecule has 1 unspecified atom stereocenters. The molecule has 4 aromatic rings. The van der Waals surface area contributed by atoms with E-state index in [2.05, 4.69) is 15.3 Å². The zero-order valence-corrected chi connectivity index (χ0v) is 18.8. The van der Waals surface area contributed by atoms with Crippen LogP contribution in [0, 0.1) is 0 Å². The Hall–Kier alpha value is -2.79. The SMILES string of the molecule is CC(Sc1ncnc2scc(-c3ccccc3)c12)C(=O)Nc1cccc(S(N)(=O)=O)c1. The summed E-state index contributed by atoms with van der Waals surface area (Å²) in [6.07, 6.45) is 1.50. The molecule has 158 valence electrons. The van der Waals surface area contributed by atoms with Gasteiger partial charge in [-0.15, -0.1) is 11.3 Å². The van der Waals surface area contributed by atoms with Gasteiger partial charge >= 0.3 is 0 Å². The number of nitrogens with two attached hydrogens (primary N) is 1. The predicted octanol–water partition coefficient (Wildman–Crippen LogP) is 4.13. The van der Waals surface area contributed by atoms with Crippen LogP contribution in [-0.2, 0) is 14.8 Å². The third-order valence-corrected chi connectivity index (χ3v) is 7.41. The maximum absolute atomic E-state index is 12.8. The molecule has 1 atom stereocenters. The quantitative estimate of drug-likeness (QED) is 0.323. The number of hydrogen-bond donors (Lipinski definition) is 2. The fraction of sp³-hybridized carbons (Fsp3) is 0.0952. The third-order valence-electron chi connectivity index (χ3n) is 4.51. The van der Waals surface area contributed by atoms with Crippen LogP contribution in [0.15, 0.2) is 76.2 Å². The number of hydrogen-bond acceptors (Lipinski definition) is 7. The molecular weight excluding hydrogens is 452 g/mol. The van der Waals surface area contributed by atoms with Crippen molar-refractivity contribution in [3.63, 3.8) is 0 Å². The van der Waals surface area contributed by atoms with E-state index in [-0.39, 0.29) is 10.8 Å². The lowest BCUT2D eigenvalue weighted by Gasteiger charge is -2.13. The number of aromatic nitrogens is 2. The highest BCUT2D eigenvalue weighted by atomic mass is 32.2. The average molecular weight is 471 g/mol. The number of carbonyl (C=O) groups is 1. The number of nitrogens with zero attached hydrogens (tertiary/aromatic N) is 2. The second kappa shape index (κ2) is 8.75. The first kappa shape index (κ1) is 21.4. The van der Waals surface area contributed by atoms with Crippen LogP contribution in [0.5, 0.6) is 0 Å². The van der Waals surface area contributed by atoms with E-state index >= 15 is 0 Å². The minimum atomic E-state index is -3.85. The number of carbonyl (C=O) groups excluding carboxylic acids is 1. The molecule has 0 aliphatic carbocycles. The van der Waals surface area contributed by atoms with E-state index in [1.165, 1.54) is 47.6 Å². The predicted molar refractivity (Wildman–Crippen MR) is 125 cm³/mol. The Bertz CT molecular complexity index is 1350. The highest BCUT2D eigenvalue weighted by Crippen LogP contribution is 2.39. The summed E-state index contributed by atoms with van der Waals surface area (Å²) in [5, 5.41) is 11.1. The van der Waals surface area contributed by atoms with E-state index in [0.29, 0.717) is 10.7 Å². The average Bonchev–Trinajstić information content (AvgIpc) is 3.19. The number of fused-ring (bicyclic) bond motifs is 1. The number of nitrogens with one attached hydrogen (secondary N) is 1. The summed E-state index contributed by atoms with van der Waals surface area (Å²) in [5.74, 6) is -0.278. The Balaban J connectivity index is 1.58. The second-order valence-electron chi connectivity index (χ2n) is 6.70. The zero-order valence-electron chi connectivity index (χ0n) is 16.3. The van der Waals surface area contributed by atoms with Gasteiger partial charge < -0.3 is 5.32 Å². The van der Waals surface area contributed by atoms with Gasteiger partial charge in [0.2, 0.25) is 15.9 Å². The molecule has 0 radical (unpaired) electrons. The van der Waals surface area contributed by atoms with E-state index < -0.39 is 15.3 Å². The van der Waals surface area contributed by atoms with Gasteiger partial charge in [0.25, 0.3) is 0 Å². The summed E-state index contributed by atoms with van der Waals surface area (Å²) in [5.41, 5.74) is 2.44. The monoisotopic (exact) mass is 470 g/mol. The summed E-state index contributed by atoms with van der Waals surface area (Å²) in [6.45, 7) is 1.77. The van der Waals surface area contributed by atoms with Gasteiger partial charge in [-0.25, -0.2) is 23.5 Å². The molecule has 0 spiro atoms. The van der Waals surface area contributed by atoms with E-state index in [1.807, 2.05) is 35.7 Å². The Morgan fingerprint density at radius 3 is 2.65 bits per heavy atom. The van der Waals surface area contributed by atoms with Gasteiger partial charge in [0.1, 0.15) is 16.2 Å². The molecule has 0 bridgehead atoms. The number of thioether (sulfide) groups is 1. The van der Waals surface area contributed by atoms with Crippen molar-refractivity contribution in [3.8, 4) is 11.1 Å². The van der Waals surface area contributed by atoms with Crippen LogP contribution in [0.4, 0.5) is 5.69 Å². The molecule has 31 heavy (non-hydrogen) atoms. The van der Waals surface area contributed by atoms with E-state index in [4.69, 9.17) is 5.14 Å². The number of anilines is 1. The molecule has 7 nitrogen and oxygen atoms in total. The molecule has 4 rings (SSSR count). The van der Waals surface area contributed by atoms with Gasteiger partial charge in [-0.2, -0.15) is 0 Å². The van der Waals surface area contributed by atoms with Crippen molar-refractivity contribution in [2.45, 2.75) is 22.1 Å². The molecule has 2 heterocycles. The maximum Gasteiger partial charge on any atom is 0.238 e. The van der Waals surface area contributed by atoms with Crippen molar-refractivity contribution in [2.75, 3.05) is 5.32 Å². The first-order valence-electron chi connectivity index (χ1n) is 9.21. The summed E-state index contributed by atoms with van der Waals surface area (Å²) >= 11 is 2.86. The topological polar surface area (TPSA) is 115 Å². The smallest absolute Gasteiger partial charge is 0.238 e. The lowest BCUT2D eigenvalue weighted by molar-refractivity contribution is -0.115. The van der Waals surface area contributed by atoms with Gasteiger partial charge in [0.15, 0.2) is 0 Å². The molecule has 10 heteroatoms. The number of rotatable bonds is 6. The van der Waals surface area contributed by atoms with Crippen molar-refractivity contribution in [2.24, 2.45) is 5.14 Å². The first-order valence-corrected chi connectivity index (χ1v) is 12.5. The van der Waals surface area contributed by atoms with Crippen molar-refractivity contribution in [1.29, 1.82) is 0 Å². The number of benzene rings is 2. The zero-order chi connectivity index (χ0) is 22.0. The van der Waals surface area contributed by atoms with Gasteiger partial charge in [-0.3, -0.25) is 4.79 Å². The van der Waals surface area contributed by atoms with Crippen LogP contribution in [0.1, 0.15) is 6.92 Å². The van der Waals surface area contributed by atoms with Crippen molar-refractivity contribution in [1.82, 2.24) is 9.97 Å². The van der Waals surface area contributed by atoms with Crippen LogP contribution in [0.3, 0.4) is 0 Å². The fourth-order valence-corrected chi connectivity index (χ4v) is 5.46. The molecule has 3 N–H and O–H groups in total. The second-order valence-corrected chi connectivity index (χ2v) is 10.4. The Morgan fingerprint density at radius 1 is 1.13 bits per heavy atom. The van der Waals surface area contributed by atoms with Crippen LogP contribution >= 0.6 is 23.1 Å². The summed E-state index contributed by atoms with van der Waals surface area (Å²) in [7, 11) is -3.85. The molecule has 0 saturated carbocycles. The summed E-state index contributed by atoms with van der Waals surface area (Å²) < 4.78 is 23.1. The Kier molecular flexibility index (Phi) is 6.05. The van der Waals surface area contributed by atoms with E-state index in [0.717, 1.165) is 21.3 Å².